The van der Waals surface area contributed by atoms with Crippen LogP contribution in [0.3, 0.4) is 0 Å². The molecule has 0 aromatic heterocycles. The number of aliphatic hydroxyl groups is 1. The van der Waals surface area contributed by atoms with Crippen molar-refractivity contribution in [1.29, 1.82) is 0 Å². The van der Waals surface area contributed by atoms with Crippen LogP contribution >= 0.6 is 0 Å². The van der Waals surface area contributed by atoms with Crippen molar-refractivity contribution in [2.45, 2.75) is 73.1 Å². The number of hydrogen-bond acceptors (Lipinski definition) is 11. The smallest absolute Gasteiger partial charge is 0.309 e. The van der Waals surface area contributed by atoms with E-state index < -0.39 is 23.8 Å². The Labute approximate surface area is 309 Å². The lowest BCUT2D eigenvalue weighted by atomic mass is 9.76. The van der Waals surface area contributed by atoms with E-state index in [-0.39, 0.29) is 36.4 Å². The molecule has 0 aromatic carbocycles. The van der Waals surface area contributed by atoms with Gasteiger partial charge in [-0.3, -0.25) is 14.4 Å². The SMILES string of the molecule is CCC1=C(C)C2=NC1=CC1=C(C)C3=C(O)CC(=C4NC(=CC5=NC(=C2)C(C2=CCC(C(=O)OC)C(C(=O)OC)C2)=C5C)[C@@H](C)[C@@H]4CCC(=O)OC)C3=N1. The van der Waals surface area contributed by atoms with Gasteiger partial charge in [0.15, 0.2) is 0 Å². The molecule has 11 heteroatoms. The Kier molecular flexibility index (Phi) is 9.46. The first-order chi connectivity index (χ1) is 25.4. The highest BCUT2D eigenvalue weighted by atomic mass is 16.5. The molecule has 5 heterocycles. The van der Waals surface area contributed by atoms with Crippen LogP contribution in [-0.2, 0) is 28.6 Å². The summed E-state index contributed by atoms with van der Waals surface area (Å²) in [6.07, 6.45) is 10.6. The fraction of sp³-hybridized carbons (Fsp3) is 0.429. The molecule has 0 saturated carbocycles. The molecule has 53 heavy (non-hydrogen) atoms. The van der Waals surface area contributed by atoms with Crippen molar-refractivity contribution in [3.8, 4) is 0 Å². The van der Waals surface area contributed by atoms with Crippen molar-refractivity contribution < 1.29 is 33.7 Å². The second kappa shape index (κ2) is 13.9. The summed E-state index contributed by atoms with van der Waals surface area (Å²) in [5, 5.41) is 15.1. The zero-order valence-corrected chi connectivity index (χ0v) is 31.6. The highest BCUT2D eigenvalue weighted by molar-refractivity contribution is 6.21. The van der Waals surface area contributed by atoms with Crippen LogP contribution < -0.4 is 5.32 Å². The number of carbonyl (C=O) groups excluding carboxylic acids is 3. The summed E-state index contributed by atoms with van der Waals surface area (Å²) in [6, 6.07) is 0. The van der Waals surface area contributed by atoms with Gasteiger partial charge in [-0.2, -0.15) is 0 Å². The molecule has 0 spiro atoms. The second-order valence-corrected chi connectivity index (χ2v) is 14.5. The number of esters is 3. The number of fused-ring (bicyclic) bond motifs is 5. The number of aliphatic hydroxyl groups excluding tert-OH is 1. The minimum atomic E-state index is -0.708. The maximum Gasteiger partial charge on any atom is 0.309 e. The molecule has 1 saturated heterocycles. The van der Waals surface area contributed by atoms with Gasteiger partial charge in [0.25, 0.3) is 0 Å². The molecule has 8 bridgehead atoms. The fourth-order valence-corrected chi connectivity index (χ4v) is 8.80. The molecule has 4 atom stereocenters. The van der Waals surface area contributed by atoms with E-state index in [9.17, 15) is 19.5 Å². The third kappa shape index (κ3) is 5.99. The topological polar surface area (TPSA) is 148 Å². The average Bonchev–Trinajstić information content (AvgIpc) is 3.91. The number of allylic oxidation sites excluding steroid dienone is 13. The maximum atomic E-state index is 13.1. The van der Waals surface area contributed by atoms with Gasteiger partial charge < -0.3 is 24.6 Å². The van der Waals surface area contributed by atoms with Crippen molar-refractivity contribution >= 4 is 35.0 Å². The van der Waals surface area contributed by atoms with Crippen molar-refractivity contribution in [1.82, 2.24) is 5.32 Å². The Morgan fingerprint density at radius 2 is 1.57 bits per heavy atom. The lowest BCUT2D eigenvalue weighted by Crippen LogP contribution is -2.34. The number of ether oxygens (including phenoxy) is 3. The largest absolute Gasteiger partial charge is 0.511 e. The van der Waals surface area contributed by atoms with Crippen LogP contribution in [0.5, 0.6) is 0 Å². The molecule has 2 unspecified atom stereocenters. The molecule has 7 rings (SSSR count). The summed E-state index contributed by atoms with van der Waals surface area (Å²) in [4.78, 5) is 53.7. The molecular weight excluding hydrogens is 672 g/mol. The van der Waals surface area contributed by atoms with Crippen molar-refractivity contribution in [2.24, 2.45) is 38.6 Å². The van der Waals surface area contributed by atoms with E-state index >= 15 is 0 Å². The Bertz CT molecular complexity index is 2140. The molecule has 5 aliphatic heterocycles. The van der Waals surface area contributed by atoms with E-state index in [4.69, 9.17) is 29.2 Å². The summed E-state index contributed by atoms with van der Waals surface area (Å²) in [6.45, 7) is 10.3. The summed E-state index contributed by atoms with van der Waals surface area (Å²) >= 11 is 0. The second-order valence-electron chi connectivity index (χ2n) is 14.5. The van der Waals surface area contributed by atoms with Crippen molar-refractivity contribution in [3.63, 3.8) is 0 Å². The summed E-state index contributed by atoms with van der Waals surface area (Å²) in [5.74, 6) is -2.34. The molecule has 0 radical (unpaired) electrons. The highest BCUT2D eigenvalue weighted by Crippen LogP contribution is 2.47. The van der Waals surface area contributed by atoms with Gasteiger partial charge in [-0.05, 0) is 92.5 Å². The first-order valence-electron chi connectivity index (χ1n) is 18.3. The number of hydrogen-bond donors (Lipinski definition) is 2. The van der Waals surface area contributed by atoms with Gasteiger partial charge >= 0.3 is 17.9 Å². The normalized spacial score (nSPS) is 26.2. The molecule has 11 nitrogen and oxygen atoms in total. The molecule has 2 N–H and O–H groups in total. The van der Waals surface area contributed by atoms with E-state index in [1.54, 1.807) is 0 Å². The molecule has 0 amide bonds. The highest BCUT2D eigenvalue weighted by Gasteiger charge is 2.43. The number of nitrogens with zero attached hydrogens (tertiary/aromatic N) is 3. The van der Waals surface area contributed by atoms with E-state index in [1.165, 1.54) is 21.3 Å². The summed E-state index contributed by atoms with van der Waals surface area (Å²) in [5.41, 5.74) is 13.9. The number of carbonyl (C=O) groups is 3. The first kappa shape index (κ1) is 36.1. The Hall–Kier alpha value is -5.32. The minimum Gasteiger partial charge on any atom is -0.511 e. The summed E-state index contributed by atoms with van der Waals surface area (Å²) < 4.78 is 15.3. The minimum absolute atomic E-state index is 0.0234. The molecule has 7 aliphatic rings. The zero-order chi connectivity index (χ0) is 37.9. The van der Waals surface area contributed by atoms with Gasteiger partial charge in [0, 0.05) is 52.8 Å². The summed E-state index contributed by atoms with van der Waals surface area (Å²) in [7, 11) is 4.07. The van der Waals surface area contributed by atoms with Crippen LogP contribution in [0.25, 0.3) is 0 Å². The zero-order valence-electron chi connectivity index (χ0n) is 31.6. The molecule has 2 aliphatic carbocycles. The van der Waals surface area contributed by atoms with Gasteiger partial charge in [0.05, 0.1) is 67.4 Å². The maximum absolute atomic E-state index is 13.1. The van der Waals surface area contributed by atoms with Crippen molar-refractivity contribution in [3.05, 3.63) is 103 Å². The monoisotopic (exact) mass is 718 g/mol. The molecule has 0 aromatic rings. The van der Waals surface area contributed by atoms with Gasteiger partial charge in [0.2, 0.25) is 0 Å². The van der Waals surface area contributed by atoms with E-state index in [0.717, 1.165) is 96.6 Å². The Morgan fingerprint density at radius 1 is 0.868 bits per heavy atom. The van der Waals surface area contributed by atoms with Crippen LogP contribution in [0.1, 0.15) is 73.1 Å². The van der Waals surface area contributed by atoms with Crippen LogP contribution in [0, 0.1) is 23.7 Å². The predicted octanol–water partition coefficient (Wildman–Crippen LogP) is 6.91. The van der Waals surface area contributed by atoms with E-state index in [2.05, 4.69) is 32.2 Å². The third-order valence-corrected chi connectivity index (χ3v) is 11.8. The lowest BCUT2D eigenvalue weighted by Gasteiger charge is -2.28. The van der Waals surface area contributed by atoms with Gasteiger partial charge in [-0.25, -0.2) is 15.0 Å². The Morgan fingerprint density at radius 3 is 2.26 bits per heavy atom. The Balaban J connectivity index is 1.43. The van der Waals surface area contributed by atoms with Crippen molar-refractivity contribution in [2.75, 3.05) is 21.3 Å². The number of aliphatic imine (C=N–C) groups is 3. The van der Waals surface area contributed by atoms with Crippen LogP contribution in [0.4, 0.5) is 0 Å². The number of methoxy groups -OCH3 is 3. The molecule has 276 valence electrons. The predicted molar refractivity (Wildman–Crippen MR) is 202 cm³/mol. The average molecular weight is 719 g/mol. The van der Waals surface area contributed by atoms with Gasteiger partial charge in [-0.1, -0.05) is 19.9 Å². The molecular formula is C42H46N4O7. The van der Waals surface area contributed by atoms with Gasteiger partial charge in [0.1, 0.15) is 5.76 Å². The molecule has 1 fully saturated rings. The first-order valence-corrected chi connectivity index (χ1v) is 18.3. The lowest BCUT2D eigenvalue weighted by molar-refractivity contribution is -0.157. The van der Waals surface area contributed by atoms with Gasteiger partial charge in [-0.15, -0.1) is 0 Å². The van der Waals surface area contributed by atoms with E-state index in [1.807, 2.05) is 32.1 Å². The van der Waals surface area contributed by atoms with Crippen LogP contribution in [-0.4, -0.2) is 61.5 Å². The van der Waals surface area contributed by atoms with Crippen LogP contribution in [0.15, 0.2) is 118 Å². The number of nitrogens with one attached hydrogen (secondary N) is 1. The standard InChI is InChI=1S/C42H46N4O7/c1-9-24-19(2)29-18-34-37(23-10-11-26(41(49)52-7)27(14-23)42(50)53-8)21(4)31(44-34)16-30-20(3)25(12-13-36(48)51-6)39(45-30)28-15-35(47)38-22(5)32(46-40(28)38)17-33(24)43-29/h10,16-18,20,25-27,45,47H,9,11-15H2,1-8H3/t20-,25-,26?,27?/m0/s1. The third-order valence-electron chi connectivity index (χ3n) is 11.8. The quantitative estimate of drug-likeness (QED) is 0.213. The number of rotatable bonds is 7. The fourth-order valence-electron chi connectivity index (χ4n) is 8.80. The van der Waals surface area contributed by atoms with E-state index in [0.29, 0.717) is 19.3 Å². The van der Waals surface area contributed by atoms with Crippen LogP contribution in [0.2, 0.25) is 0 Å².